The predicted octanol–water partition coefficient (Wildman–Crippen LogP) is 2.05. The van der Waals surface area contributed by atoms with E-state index in [1.54, 1.807) is 0 Å². The Hall–Kier alpha value is -1.18. The van der Waals surface area contributed by atoms with Gasteiger partial charge in [0.2, 0.25) is 5.89 Å². The van der Waals surface area contributed by atoms with E-state index in [1.807, 2.05) is 0 Å². The maximum atomic E-state index is 13.2. The minimum absolute atomic E-state index is 0.0583. The molecule has 2 N–H and O–H groups in total. The van der Waals surface area contributed by atoms with Gasteiger partial charge in [0.1, 0.15) is 21.2 Å². The third-order valence-electron chi connectivity index (χ3n) is 2.56. The number of hydrogen-bond acceptors (Lipinski definition) is 5. The minimum atomic E-state index is -3.10. The molecule has 8 heteroatoms. The summed E-state index contributed by atoms with van der Waals surface area (Å²) in [7, 11) is -3.10. The van der Waals surface area contributed by atoms with Crippen LogP contribution in [-0.2, 0) is 9.84 Å². The highest BCUT2D eigenvalue weighted by Crippen LogP contribution is 2.25. The highest BCUT2D eigenvalue weighted by molar-refractivity contribution is 7.90. The fraction of sp³-hybridized carbons (Fsp3) is 0.364. The zero-order valence-electron chi connectivity index (χ0n) is 10.1. The summed E-state index contributed by atoms with van der Waals surface area (Å²) < 4.78 is 40.6. The number of aromatic nitrogens is 1. The summed E-state index contributed by atoms with van der Waals surface area (Å²) in [5, 5.41) is -0.0583. The van der Waals surface area contributed by atoms with Crippen molar-refractivity contribution < 1.29 is 17.2 Å². The van der Waals surface area contributed by atoms with Crippen LogP contribution in [0.15, 0.2) is 16.5 Å². The summed E-state index contributed by atoms with van der Waals surface area (Å²) in [6, 6.07) is 1.80. The molecule has 0 spiro atoms. The first-order chi connectivity index (χ1) is 8.76. The van der Waals surface area contributed by atoms with Crippen molar-refractivity contribution >= 4 is 32.5 Å². The normalized spacial score (nSPS) is 13.9. The molecular weight excluding hydrogens is 295 g/mol. The highest BCUT2D eigenvalue weighted by atomic mass is 35.5. The molecule has 0 saturated carbocycles. The second-order valence-corrected chi connectivity index (χ2v) is 6.98. The molecule has 0 aliphatic carbocycles. The zero-order valence-corrected chi connectivity index (χ0v) is 11.6. The lowest BCUT2D eigenvalue weighted by Gasteiger charge is -2.05. The molecule has 0 radical (unpaired) electrons. The molecule has 0 aliphatic heterocycles. The molecule has 2 rings (SSSR count). The second kappa shape index (κ2) is 5.07. The van der Waals surface area contributed by atoms with Crippen LogP contribution in [-0.4, -0.2) is 25.4 Å². The lowest BCUT2D eigenvalue weighted by Crippen LogP contribution is -2.15. The van der Waals surface area contributed by atoms with E-state index in [4.69, 9.17) is 21.8 Å². The Labute approximate surface area is 114 Å². The molecule has 1 aromatic heterocycles. The number of fused-ring (bicyclic) bond motifs is 1. The van der Waals surface area contributed by atoms with Gasteiger partial charge in [-0.1, -0.05) is 11.6 Å². The maximum absolute atomic E-state index is 13.2. The molecule has 0 bridgehead atoms. The Balaban J connectivity index is 2.26. The number of sulfone groups is 1. The van der Waals surface area contributed by atoms with Gasteiger partial charge in [0.15, 0.2) is 5.58 Å². The SMILES string of the molecule is CS(=O)(=O)CCC(N)c1nc2cc(Cl)c(F)cc2o1. The molecular formula is C11H12ClFN2O3S. The van der Waals surface area contributed by atoms with Gasteiger partial charge in [-0.2, -0.15) is 0 Å². The van der Waals surface area contributed by atoms with Gasteiger partial charge in [0.05, 0.1) is 16.8 Å². The van der Waals surface area contributed by atoms with Gasteiger partial charge in [0.25, 0.3) is 0 Å². The van der Waals surface area contributed by atoms with E-state index in [0.717, 1.165) is 12.3 Å². The molecule has 0 aliphatic rings. The van der Waals surface area contributed by atoms with Crippen LogP contribution in [0, 0.1) is 5.82 Å². The van der Waals surface area contributed by atoms with E-state index < -0.39 is 21.7 Å². The van der Waals surface area contributed by atoms with Crippen molar-refractivity contribution in [2.75, 3.05) is 12.0 Å². The van der Waals surface area contributed by atoms with Gasteiger partial charge in [-0.05, 0) is 12.5 Å². The Morgan fingerprint density at radius 2 is 2.21 bits per heavy atom. The van der Waals surface area contributed by atoms with E-state index >= 15 is 0 Å². The predicted molar refractivity (Wildman–Crippen MR) is 70.2 cm³/mol. The fourth-order valence-electron chi connectivity index (χ4n) is 1.56. The third kappa shape index (κ3) is 3.43. The van der Waals surface area contributed by atoms with Crippen molar-refractivity contribution in [3.8, 4) is 0 Å². The number of benzene rings is 1. The Morgan fingerprint density at radius 3 is 2.84 bits per heavy atom. The number of nitrogens with two attached hydrogens (primary N) is 1. The van der Waals surface area contributed by atoms with Crippen LogP contribution in [0.25, 0.3) is 11.1 Å². The average Bonchev–Trinajstić information content (AvgIpc) is 2.68. The number of oxazole rings is 1. The standard InChI is InChI=1S/C11H12ClFN2O3S/c1-19(16,17)3-2-8(14)11-15-9-4-6(12)7(13)5-10(9)18-11/h4-5,8H,2-3,14H2,1H3. The first-order valence-corrected chi connectivity index (χ1v) is 7.89. The largest absolute Gasteiger partial charge is 0.439 e. The van der Waals surface area contributed by atoms with Crippen LogP contribution in [0.1, 0.15) is 18.4 Å². The fourth-order valence-corrected chi connectivity index (χ4v) is 2.40. The van der Waals surface area contributed by atoms with Crippen molar-refractivity contribution in [3.05, 3.63) is 28.9 Å². The van der Waals surface area contributed by atoms with E-state index in [2.05, 4.69) is 4.98 Å². The van der Waals surface area contributed by atoms with E-state index in [0.29, 0.717) is 5.52 Å². The van der Waals surface area contributed by atoms with Crippen LogP contribution in [0.3, 0.4) is 0 Å². The van der Waals surface area contributed by atoms with Crippen LogP contribution in [0.2, 0.25) is 5.02 Å². The number of halogens is 2. The Kier molecular flexibility index (Phi) is 3.80. The molecule has 19 heavy (non-hydrogen) atoms. The van der Waals surface area contributed by atoms with Crippen molar-refractivity contribution in [2.24, 2.45) is 5.73 Å². The molecule has 5 nitrogen and oxygen atoms in total. The van der Waals surface area contributed by atoms with Gasteiger partial charge >= 0.3 is 0 Å². The highest BCUT2D eigenvalue weighted by Gasteiger charge is 2.17. The molecule has 1 unspecified atom stereocenters. The summed E-state index contributed by atoms with van der Waals surface area (Å²) in [6.07, 6.45) is 1.31. The van der Waals surface area contributed by atoms with E-state index in [-0.39, 0.29) is 28.7 Å². The van der Waals surface area contributed by atoms with Gasteiger partial charge in [-0.15, -0.1) is 0 Å². The summed E-state index contributed by atoms with van der Waals surface area (Å²) in [5.41, 5.74) is 6.41. The number of rotatable bonds is 4. The summed E-state index contributed by atoms with van der Waals surface area (Å²) in [5.74, 6) is -0.510. The molecule has 0 amide bonds. The van der Waals surface area contributed by atoms with E-state index in [1.165, 1.54) is 6.07 Å². The van der Waals surface area contributed by atoms with Gasteiger partial charge in [0, 0.05) is 12.3 Å². The minimum Gasteiger partial charge on any atom is -0.439 e. The molecule has 1 aromatic carbocycles. The first kappa shape index (κ1) is 14.2. The zero-order chi connectivity index (χ0) is 14.2. The summed E-state index contributed by atoms with van der Waals surface area (Å²) >= 11 is 5.63. The molecule has 0 fully saturated rings. The quantitative estimate of drug-likeness (QED) is 0.934. The van der Waals surface area contributed by atoms with Crippen LogP contribution >= 0.6 is 11.6 Å². The first-order valence-electron chi connectivity index (χ1n) is 5.45. The lowest BCUT2D eigenvalue weighted by atomic mass is 10.2. The van der Waals surface area contributed by atoms with E-state index in [9.17, 15) is 12.8 Å². The summed E-state index contributed by atoms with van der Waals surface area (Å²) in [4.78, 5) is 4.08. The topological polar surface area (TPSA) is 86.2 Å². The van der Waals surface area contributed by atoms with Crippen molar-refractivity contribution in [1.82, 2.24) is 4.98 Å². The van der Waals surface area contributed by atoms with Crippen molar-refractivity contribution in [1.29, 1.82) is 0 Å². The molecule has 1 atom stereocenters. The number of hydrogen-bond donors (Lipinski definition) is 1. The Morgan fingerprint density at radius 1 is 1.53 bits per heavy atom. The van der Waals surface area contributed by atoms with Crippen molar-refractivity contribution in [2.45, 2.75) is 12.5 Å². The smallest absolute Gasteiger partial charge is 0.212 e. The molecule has 1 heterocycles. The Bertz CT molecular complexity index is 675. The lowest BCUT2D eigenvalue weighted by molar-refractivity contribution is 0.467. The average molecular weight is 307 g/mol. The molecule has 0 saturated heterocycles. The van der Waals surface area contributed by atoms with Crippen LogP contribution < -0.4 is 5.73 Å². The van der Waals surface area contributed by atoms with Gasteiger partial charge in [-0.3, -0.25) is 0 Å². The third-order valence-corrected chi connectivity index (χ3v) is 3.83. The van der Waals surface area contributed by atoms with Gasteiger partial charge in [-0.25, -0.2) is 17.8 Å². The summed E-state index contributed by atoms with van der Waals surface area (Å²) in [6.45, 7) is 0. The molecule has 2 aromatic rings. The maximum Gasteiger partial charge on any atom is 0.212 e. The second-order valence-electron chi connectivity index (χ2n) is 4.31. The van der Waals surface area contributed by atoms with Crippen LogP contribution in [0.5, 0.6) is 0 Å². The van der Waals surface area contributed by atoms with Gasteiger partial charge < -0.3 is 10.2 Å². The van der Waals surface area contributed by atoms with Crippen molar-refractivity contribution in [3.63, 3.8) is 0 Å². The monoisotopic (exact) mass is 306 g/mol. The molecule has 104 valence electrons. The van der Waals surface area contributed by atoms with Crippen LogP contribution in [0.4, 0.5) is 4.39 Å². The number of nitrogens with zero attached hydrogens (tertiary/aromatic N) is 1.